The van der Waals surface area contributed by atoms with Gasteiger partial charge in [0.2, 0.25) is 5.89 Å². The summed E-state index contributed by atoms with van der Waals surface area (Å²) in [5, 5.41) is 2.54. The minimum atomic E-state index is -0.517. The zero-order chi connectivity index (χ0) is 37.7. The predicted molar refractivity (Wildman–Crippen MR) is 199 cm³/mol. The van der Waals surface area contributed by atoms with Crippen molar-refractivity contribution in [2.45, 2.75) is 165 Å². The first-order valence-corrected chi connectivity index (χ1v) is 19.6. The second kappa shape index (κ2) is 23.9. The Kier molecular flexibility index (Phi) is 19.0. The van der Waals surface area contributed by atoms with Crippen LogP contribution in [0.15, 0.2) is 28.9 Å². The number of hydrogen-bond acceptors (Lipinski definition) is 11. The molecular weight excluding hydrogens is 680 g/mol. The number of fused-ring (bicyclic) bond motifs is 4. The lowest BCUT2D eigenvalue weighted by Crippen LogP contribution is -2.42. The zero-order valence-electron chi connectivity index (χ0n) is 31.7. The smallest absolute Gasteiger partial charge is 0.407 e. The molecule has 53 heavy (non-hydrogen) atoms. The van der Waals surface area contributed by atoms with Gasteiger partial charge in [0.05, 0.1) is 49.7 Å². The van der Waals surface area contributed by atoms with Crippen LogP contribution in [0.1, 0.15) is 127 Å². The first kappa shape index (κ1) is 42.1. The summed E-state index contributed by atoms with van der Waals surface area (Å²) in [6, 6.07) is 0. The van der Waals surface area contributed by atoms with Gasteiger partial charge in [-0.25, -0.2) is 14.6 Å². The van der Waals surface area contributed by atoms with E-state index in [1.165, 1.54) is 19.6 Å². The average Bonchev–Trinajstić information content (AvgIpc) is 3.59. The number of hydrogen-bond donors (Lipinski definition) is 1. The highest BCUT2D eigenvalue weighted by Gasteiger charge is 2.37. The van der Waals surface area contributed by atoms with Gasteiger partial charge in [-0.3, -0.25) is 4.79 Å². The quantitative estimate of drug-likeness (QED) is 0.0570. The van der Waals surface area contributed by atoms with Crippen LogP contribution < -0.4 is 5.32 Å². The maximum atomic E-state index is 13.4. The van der Waals surface area contributed by atoms with Gasteiger partial charge in [-0.2, -0.15) is 0 Å². The highest BCUT2D eigenvalue weighted by Crippen LogP contribution is 2.32. The fourth-order valence-electron chi connectivity index (χ4n) is 7.40. The summed E-state index contributed by atoms with van der Waals surface area (Å²) in [6.07, 6.45) is 27.4. The number of allylic oxidation sites excluding steroid dienone is 1. The molecule has 3 saturated heterocycles. The second-order valence-electron chi connectivity index (χ2n) is 14.4. The Balaban J connectivity index is 1.29. The second-order valence-corrected chi connectivity index (χ2v) is 14.4. The zero-order valence-corrected chi connectivity index (χ0v) is 31.7. The minimum absolute atomic E-state index is 0.0714. The number of nitrogens with zero attached hydrogens (tertiary/aromatic N) is 1. The number of terminal acetylenes is 1. The first-order valence-electron chi connectivity index (χ1n) is 19.6. The Morgan fingerprint density at radius 2 is 1.66 bits per heavy atom. The molecule has 1 amide bonds. The monoisotopic (exact) mass is 740 g/mol. The SMILES string of the molecule is C#CCCCCCCCC[C@H]1C[C@@H]2CCCC(C[C@@H](OC)CC3C[C@@H](OC(=O)/C=C\CCc4coc(/C=C\CNC(=O)OC)n4)C[C@@H](CC(=O)O1)O3)O2. The molecule has 0 saturated carbocycles. The van der Waals surface area contributed by atoms with Gasteiger partial charge < -0.3 is 38.2 Å². The van der Waals surface area contributed by atoms with E-state index in [2.05, 4.69) is 21.0 Å². The number of aromatic nitrogens is 1. The van der Waals surface area contributed by atoms with Crippen molar-refractivity contribution >= 4 is 24.1 Å². The summed E-state index contributed by atoms with van der Waals surface area (Å²) < 4.78 is 41.0. The molecule has 0 spiro atoms. The molecule has 4 rings (SSSR count). The van der Waals surface area contributed by atoms with Gasteiger partial charge >= 0.3 is 18.0 Å². The Morgan fingerprint density at radius 3 is 2.45 bits per heavy atom. The maximum absolute atomic E-state index is 13.4. The number of rotatable bonds is 17. The van der Waals surface area contributed by atoms with E-state index in [0.29, 0.717) is 44.4 Å². The molecule has 4 heterocycles. The molecule has 294 valence electrons. The van der Waals surface area contributed by atoms with E-state index in [-0.39, 0.29) is 49.5 Å². The van der Waals surface area contributed by atoms with E-state index < -0.39 is 24.3 Å². The third-order valence-corrected chi connectivity index (χ3v) is 10.1. The summed E-state index contributed by atoms with van der Waals surface area (Å²) >= 11 is 0. The van der Waals surface area contributed by atoms with Gasteiger partial charge in [0.25, 0.3) is 0 Å². The predicted octanol–water partition coefficient (Wildman–Crippen LogP) is 7.18. The molecule has 7 atom stereocenters. The number of ether oxygens (including phenoxy) is 6. The van der Waals surface area contributed by atoms with E-state index in [4.69, 9.17) is 34.5 Å². The van der Waals surface area contributed by atoms with E-state index in [1.807, 2.05) is 0 Å². The molecule has 12 heteroatoms. The normalized spacial score (nSPS) is 26.7. The van der Waals surface area contributed by atoms with Crippen LogP contribution >= 0.6 is 0 Å². The Hall–Kier alpha value is -3.66. The summed E-state index contributed by atoms with van der Waals surface area (Å²) in [5.74, 6) is 2.41. The van der Waals surface area contributed by atoms with Crippen molar-refractivity contribution in [2.75, 3.05) is 20.8 Å². The number of carbonyl (C=O) groups excluding carboxylic acids is 3. The summed E-state index contributed by atoms with van der Waals surface area (Å²) in [5.41, 5.74) is 0.737. The van der Waals surface area contributed by atoms with E-state index >= 15 is 0 Å². The lowest BCUT2D eigenvalue weighted by Gasteiger charge is -2.38. The molecule has 4 bridgehead atoms. The molecule has 0 radical (unpaired) electrons. The standard InChI is InChI=1S/C41H60N2O10/c1-4-5-6-7-8-9-10-11-17-33-23-31-18-14-19-32(50-31)24-34(47-2)25-35-26-36(27-37(51-35)28-40(45)52-33)53-39(44)21-13-12-16-30-29-49-38(43-30)20-15-22-42-41(46)48-3/h1,13,15,20-21,29,31-37H,5-12,14,16-19,22-28H2,2-3H3,(H,42,46)/b20-15-,21-13-/t31-,32?,33-,34+,35?,36+,37-/m0/s1. The Labute approximate surface area is 315 Å². The molecule has 1 N–H and O–H groups in total. The molecule has 3 aliphatic rings. The highest BCUT2D eigenvalue weighted by atomic mass is 16.6. The van der Waals surface area contributed by atoms with E-state index in [1.54, 1.807) is 31.6 Å². The largest absolute Gasteiger partial charge is 0.462 e. The van der Waals surface area contributed by atoms with Crippen LogP contribution in [0.2, 0.25) is 0 Å². The number of oxazole rings is 1. The van der Waals surface area contributed by atoms with Gasteiger partial charge in [-0.15, -0.1) is 12.3 Å². The van der Waals surface area contributed by atoms with Crippen molar-refractivity contribution in [1.29, 1.82) is 0 Å². The Bertz CT molecular complexity index is 1350. The maximum Gasteiger partial charge on any atom is 0.407 e. The number of methoxy groups -OCH3 is 2. The molecule has 0 aliphatic carbocycles. The van der Waals surface area contributed by atoms with Gasteiger partial charge in [-0.05, 0) is 70.3 Å². The summed E-state index contributed by atoms with van der Waals surface area (Å²) in [7, 11) is 3.02. The van der Waals surface area contributed by atoms with Crippen molar-refractivity contribution in [3.8, 4) is 12.3 Å². The number of unbranched alkanes of at least 4 members (excludes halogenated alkanes) is 6. The number of carbonyl (C=O) groups is 3. The molecule has 3 fully saturated rings. The molecule has 12 nitrogen and oxygen atoms in total. The average molecular weight is 741 g/mol. The van der Waals surface area contributed by atoms with Gasteiger partial charge in [0.1, 0.15) is 18.5 Å². The van der Waals surface area contributed by atoms with Gasteiger partial charge in [0, 0.05) is 45.4 Å². The molecule has 0 aromatic carbocycles. The molecular formula is C41H60N2O10. The molecule has 1 aromatic rings. The number of alkyl carbamates (subject to hydrolysis) is 1. The third-order valence-electron chi connectivity index (χ3n) is 10.1. The van der Waals surface area contributed by atoms with Gasteiger partial charge in [-0.1, -0.05) is 37.8 Å². The van der Waals surface area contributed by atoms with Crippen molar-refractivity contribution < 1.29 is 47.2 Å². The molecule has 2 unspecified atom stereocenters. The summed E-state index contributed by atoms with van der Waals surface area (Å²) in [4.78, 5) is 41.8. The number of esters is 2. The number of amides is 1. The van der Waals surface area contributed by atoms with E-state index in [0.717, 1.165) is 76.3 Å². The fourth-order valence-corrected chi connectivity index (χ4v) is 7.40. The van der Waals surface area contributed by atoms with Crippen molar-refractivity contribution in [3.63, 3.8) is 0 Å². The van der Waals surface area contributed by atoms with Crippen LogP contribution in [0.5, 0.6) is 0 Å². The van der Waals surface area contributed by atoms with Crippen molar-refractivity contribution in [2.24, 2.45) is 0 Å². The van der Waals surface area contributed by atoms with Crippen LogP contribution in [0.3, 0.4) is 0 Å². The summed E-state index contributed by atoms with van der Waals surface area (Å²) in [6.45, 7) is 0.285. The molecule has 3 aliphatic heterocycles. The number of cyclic esters (lactones) is 1. The van der Waals surface area contributed by atoms with Gasteiger partial charge in [0.15, 0.2) is 0 Å². The first-order chi connectivity index (χ1) is 25.8. The van der Waals surface area contributed by atoms with Crippen molar-refractivity contribution in [3.05, 3.63) is 36.1 Å². The number of nitrogens with one attached hydrogen (secondary N) is 1. The van der Waals surface area contributed by atoms with Crippen molar-refractivity contribution in [1.82, 2.24) is 10.3 Å². The van der Waals surface area contributed by atoms with Crippen LogP contribution in [0, 0.1) is 12.3 Å². The topological polar surface area (TPSA) is 145 Å². The van der Waals surface area contributed by atoms with E-state index in [9.17, 15) is 14.4 Å². The van der Waals surface area contributed by atoms with Crippen LogP contribution in [0.25, 0.3) is 6.08 Å². The van der Waals surface area contributed by atoms with Crippen LogP contribution in [-0.2, 0) is 44.4 Å². The third kappa shape index (κ3) is 16.5. The fraction of sp³-hybridized carbons (Fsp3) is 0.707. The lowest BCUT2D eigenvalue weighted by atomic mass is 9.91. The van der Waals surface area contributed by atoms with Crippen LogP contribution in [0.4, 0.5) is 4.79 Å². The lowest BCUT2D eigenvalue weighted by molar-refractivity contribution is -0.171. The van der Waals surface area contributed by atoms with Crippen LogP contribution in [-0.4, -0.2) is 86.5 Å². The highest BCUT2D eigenvalue weighted by molar-refractivity contribution is 5.82. The minimum Gasteiger partial charge on any atom is -0.462 e. The molecule has 1 aromatic heterocycles. The number of aryl methyl sites for hydroxylation is 1. The Morgan fingerprint density at radius 1 is 0.943 bits per heavy atom.